The van der Waals surface area contributed by atoms with E-state index in [1.165, 1.54) is 5.56 Å². The molecule has 0 radical (unpaired) electrons. The van der Waals surface area contributed by atoms with Crippen LogP contribution in [0.25, 0.3) is 0 Å². The van der Waals surface area contributed by atoms with Gasteiger partial charge in [-0.1, -0.05) is 26.0 Å². The quantitative estimate of drug-likeness (QED) is 0.775. The second-order valence-electron chi connectivity index (χ2n) is 5.29. The van der Waals surface area contributed by atoms with Gasteiger partial charge in [-0.05, 0) is 42.4 Å². The Morgan fingerprint density at radius 1 is 1.44 bits per heavy atom. The summed E-state index contributed by atoms with van der Waals surface area (Å²) in [4.78, 5) is 11.1. The molecule has 2 nitrogen and oxygen atoms in total. The fourth-order valence-corrected chi connectivity index (χ4v) is 2.50. The molecule has 0 heterocycles. The van der Waals surface area contributed by atoms with E-state index in [1.54, 1.807) is 6.07 Å². The van der Waals surface area contributed by atoms with Crippen LogP contribution in [0.2, 0.25) is 0 Å². The van der Waals surface area contributed by atoms with Crippen LogP contribution in [-0.2, 0) is 17.6 Å². The maximum Gasteiger partial charge on any atom is 0.125 e. The molecule has 0 fully saturated rings. The van der Waals surface area contributed by atoms with Gasteiger partial charge in [0.1, 0.15) is 12.0 Å². The van der Waals surface area contributed by atoms with Gasteiger partial charge in [-0.15, -0.1) is 0 Å². The Kier molecular flexibility index (Phi) is 2.75. The molecular weight excluding hydrogens is 200 g/mol. The van der Waals surface area contributed by atoms with Crippen molar-refractivity contribution in [2.75, 3.05) is 0 Å². The third-order valence-electron chi connectivity index (χ3n) is 3.82. The lowest BCUT2D eigenvalue weighted by Gasteiger charge is -2.33. The lowest BCUT2D eigenvalue weighted by molar-refractivity contribution is -0.117. The number of aldehydes is 1. The molecule has 1 unspecified atom stereocenters. The summed E-state index contributed by atoms with van der Waals surface area (Å²) in [5.74, 6) is 0.717. The van der Waals surface area contributed by atoms with Gasteiger partial charge in [-0.2, -0.15) is 0 Å². The SMILES string of the molecule is CC(C)(C=O)C1CCc2cccc(O)c2C1. The fourth-order valence-electron chi connectivity index (χ4n) is 2.50. The maximum absolute atomic E-state index is 11.1. The third kappa shape index (κ3) is 1.84. The van der Waals surface area contributed by atoms with Gasteiger partial charge in [-0.3, -0.25) is 0 Å². The topological polar surface area (TPSA) is 37.3 Å². The molecular formula is C14H18O2. The number of aryl methyl sites for hydroxylation is 1. The van der Waals surface area contributed by atoms with Crippen molar-refractivity contribution >= 4 is 6.29 Å². The molecule has 1 aliphatic carbocycles. The van der Waals surface area contributed by atoms with Crippen molar-refractivity contribution in [2.45, 2.75) is 33.1 Å². The van der Waals surface area contributed by atoms with E-state index in [9.17, 15) is 9.90 Å². The Bertz CT molecular complexity index is 407. The molecule has 16 heavy (non-hydrogen) atoms. The standard InChI is InChI=1S/C14H18O2/c1-14(2,9-15)11-7-6-10-4-3-5-13(16)12(10)8-11/h3-5,9,11,16H,6-8H2,1-2H3. The van der Waals surface area contributed by atoms with Crippen molar-refractivity contribution in [1.29, 1.82) is 0 Å². The molecule has 2 heteroatoms. The Morgan fingerprint density at radius 2 is 2.19 bits per heavy atom. The van der Waals surface area contributed by atoms with Crippen LogP contribution in [0.3, 0.4) is 0 Å². The zero-order valence-electron chi connectivity index (χ0n) is 9.86. The number of benzene rings is 1. The van der Waals surface area contributed by atoms with Crippen molar-refractivity contribution in [3.63, 3.8) is 0 Å². The van der Waals surface area contributed by atoms with E-state index in [0.717, 1.165) is 31.1 Å². The molecule has 0 bridgehead atoms. The first-order valence-corrected chi connectivity index (χ1v) is 5.80. The van der Waals surface area contributed by atoms with E-state index in [-0.39, 0.29) is 5.41 Å². The summed E-state index contributed by atoms with van der Waals surface area (Å²) >= 11 is 0. The number of carbonyl (C=O) groups excluding carboxylic acids is 1. The predicted octanol–water partition coefficient (Wildman–Crippen LogP) is 2.72. The number of hydrogen-bond acceptors (Lipinski definition) is 2. The average Bonchev–Trinajstić information content (AvgIpc) is 2.29. The molecule has 1 aliphatic rings. The second kappa shape index (κ2) is 3.93. The van der Waals surface area contributed by atoms with E-state index in [0.29, 0.717) is 11.7 Å². The second-order valence-corrected chi connectivity index (χ2v) is 5.29. The van der Waals surface area contributed by atoms with Crippen molar-refractivity contribution in [2.24, 2.45) is 11.3 Å². The van der Waals surface area contributed by atoms with Crippen LogP contribution in [0.1, 0.15) is 31.4 Å². The zero-order chi connectivity index (χ0) is 11.8. The lowest BCUT2D eigenvalue weighted by Crippen LogP contribution is -2.30. The smallest absolute Gasteiger partial charge is 0.125 e. The highest BCUT2D eigenvalue weighted by Crippen LogP contribution is 2.39. The number of rotatable bonds is 2. The summed E-state index contributed by atoms with van der Waals surface area (Å²) in [5.41, 5.74) is 1.98. The van der Waals surface area contributed by atoms with Crippen LogP contribution >= 0.6 is 0 Å². The maximum atomic E-state index is 11.1. The van der Waals surface area contributed by atoms with Gasteiger partial charge in [0.05, 0.1) is 0 Å². The normalized spacial score (nSPS) is 20.2. The highest BCUT2D eigenvalue weighted by atomic mass is 16.3. The fraction of sp³-hybridized carbons (Fsp3) is 0.500. The predicted molar refractivity (Wildman–Crippen MR) is 63.5 cm³/mol. The first-order chi connectivity index (χ1) is 7.54. The third-order valence-corrected chi connectivity index (χ3v) is 3.82. The summed E-state index contributed by atoms with van der Waals surface area (Å²) in [6.45, 7) is 3.96. The molecule has 86 valence electrons. The monoisotopic (exact) mass is 218 g/mol. The van der Waals surface area contributed by atoms with Gasteiger partial charge in [0.15, 0.2) is 0 Å². The van der Waals surface area contributed by atoms with E-state index in [2.05, 4.69) is 6.07 Å². The molecule has 0 saturated heterocycles. The van der Waals surface area contributed by atoms with Crippen LogP contribution in [0.5, 0.6) is 5.75 Å². The molecule has 1 atom stereocenters. The Morgan fingerprint density at radius 3 is 2.88 bits per heavy atom. The van der Waals surface area contributed by atoms with E-state index in [1.807, 2.05) is 19.9 Å². The Balaban J connectivity index is 2.30. The molecule has 2 rings (SSSR count). The van der Waals surface area contributed by atoms with Gasteiger partial charge >= 0.3 is 0 Å². The number of carbonyl (C=O) groups is 1. The molecule has 0 amide bonds. The van der Waals surface area contributed by atoms with Gasteiger partial charge in [0.25, 0.3) is 0 Å². The number of phenols is 1. The first-order valence-electron chi connectivity index (χ1n) is 5.80. The largest absolute Gasteiger partial charge is 0.508 e. The summed E-state index contributed by atoms with van der Waals surface area (Å²) in [7, 11) is 0. The molecule has 0 aromatic heterocycles. The van der Waals surface area contributed by atoms with Crippen LogP contribution < -0.4 is 0 Å². The van der Waals surface area contributed by atoms with E-state index in [4.69, 9.17) is 0 Å². The molecule has 1 N–H and O–H groups in total. The van der Waals surface area contributed by atoms with Crippen molar-refractivity contribution in [3.8, 4) is 5.75 Å². The average molecular weight is 218 g/mol. The van der Waals surface area contributed by atoms with Gasteiger partial charge in [0, 0.05) is 5.41 Å². The Labute approximate surface area is 96.3 Å². The van der Waals surface area contributed by atoms with E-state index < -0.39 is 0 Å². The van der Waals surface area contributed by atoms with Crippen LogP contribution in [-0.4, -0.2) is 11.4 Å². The molecule has 0 aliphatic heterocycles. The lowest BCUT2D eigenvalue weighted by atomic mass is 9.70. The molecule has 0 saturated carbocycles. The number of aromatic hydroxyl groups is 1. The summed E-state index contributed by atoms with van der Waals surface area (Å²) in [6, 6.07) is 5.69. The zero-order valence-corrected chi connectivity index (χ0v) is 9.86. The highest BCUT2D eigenvalue weighted by Gasteiger charge is 2.32. The minimum absolute atomic E-state index is 0.292. The summed E-state index contributed by atoms with van der Waals surface area (Å²) in [5, 5.41) is 9.82. The van der Waals surface area contributed by atoms with Crippen molar-refractivity contribution in [3.05, 3.63) is 29.3 Å². The molecule has 0 spiro atoms. The minimum Gasteiger partial charge on any atom is -0.508 e. The summed E-state index contributed by atoms with van der Waals surface area (Å²) < 4.78 is 0. The minimum atomic E-state index is -0.292. The number of fused-ring (bicyclic) bond motifs is 1. The molecule has 1 aromatic rings. The first kappa shape index (κ1) is 11.2. The van der Waals surface area contributed by atoms with Crippen molar-refractivity contribution < 1.29 is 9.90 Å². The van der Waals surface area contributed by atoms with Crippen LogP contribution in [0.15, 0.2) is 18.2 Å². The Hall–Kier alpha value is -1.31. The van der Waals surface area contributed by atoms with Crippen LogP contribution in [0, 0.1) is 11.3 Å². The van der Waals surface area contributed by atoms with Gasteiger partial charge in [-0.25, -0.2) is 0 Å². The van der Waals surface area contributed by atoms with Crippen molar-refractivity contribution in [1.82, 2.24) is 0 Å². The number of hydrogen-bond donors (Lipinski definition) is 1. The van der Waals surface area contributed by atoms with Gasteiger partial charge in [0.2, 0.25) is 0 Å². The van der Waals surface area contributed by atoms with E-state index >= 15 is 0 Å². The molecule has 1 aromatic carbocycles. The summed E-state index contributed by atoms with van der Waals surface area (Å²) in [6.07, 6.45) is 3.85. The van der Waals surface area contributed by atoms with Gasteiger partial charge < -0.3 is 9.90 Å². The number of phenolic OH excluding ortho intramolecular Hbond substituents is 1. The van der Waals surface area contributed by atoms with Crippen LogP contribution in [0.4, 0.5) is 0 Å². The highest BCUT2D eigenvalue weighted by molar-refractivity contribution is 5.59.